The lowest BCUT2D eigenvalue weighted by molar-refractivity contribution is 0.596. The second-order valence-electron chi connectivity index (χ2n) is 4.44. The Hall–Kier alpha value is -1.04. The number of aryl methyl sites for hydroxylation is 1. The van der Waals surface area contributed by atoms with E-state index in [2.05, 4.69) is 17.2 Å². The molecule has 5 nitrogen and oxygen atoms in total. The number of hydrogen-bond donors (Lipinski definition) is 1. The zero-order valence-corrected chi connectivity index (χ0v) is 11.5. The summed E-state index contributed by atoms with van der Waals surface area (Å²) >= 11 is 0. The summed E-state index contributed by atoms with van der Waals surface area (Å²) in [6, 6.07) is -0.132. The van der Waals surface area contributed by atoms with Crippen molar-refractivity contribution in [3.05, 3.63) is 12.4 Å². The molecule has 0 aliphatic rings. The topological polar surface area (TPSA) is 64.0 Å². The molecule has 1 N–H and O–H groups in total. The molecule has 0 saturated heterocycles. The van der Waals surface area contributed by atoms with Gasteiger partial charge in [0, 0.05) is 31.2 Å². The first-order valence-corrected chi connectivity index (χ1v) is 7.94. The van der Waals surface area contributed by atoms with Gasteiger partial charge in [-0.3, -0.25) is 0 Å². The molecule has 98 valence electrons. The van der Waals surface area contributed by atoms with E-state index in [1.54, 1.807) is 6.20 Å². The number of rotatable bonds is 7. The van der Waals surface area contributed by atoms with Crippen LogP contribution in [0.4, 0.5) is 5.95 Å². The molecule has 0 aliphatic carbocycles. The number of aromatic nitrogens is 2. The highest BCUT2D eigenvalue weighted by Crippen LogP contribution is 2.08. The van der Waals surface area contributed by atoms with Crippen LogP contribution in [0, 0.1) is 0 Å². The molecule has 1 atom stereocenters. The van der Waals surface area contributed by atoms with Crippen molar-refractivity contribution in [1.82, 2.24) is 9.55 Å². The number of imidazole rings is 1. The molecule has 17 heavy (non-hydrogen) atoms. The third-order valence-corrected chi connectivity index (χ3v) is 3.50. The van der Waals surface area contributed by atoms with Crippen molar-refractivity contribution in [1.29, 1.82) is 0 Å². The highest BCUT2D eigenvalue weighted by molar-refractivity contribution is 7.90. The minimum atomic E-state index is -2.96. The van der Waals surface area contributed by atoms with E-state index in [1.807, 2.05) is 17.7 Å². The predicted octanol–water partition coefficient (Wildman–Crippen LogP) is 1.53. The summed E-state index contributed by atoms with van der Waals surface area (Å²) in [6.07, 6.45) is 7.09. The van der Waals surface area contributed by atoms with Crippen molar-refractivity contribution in [2.45, 2.75) is 39.3 Å². The Labute approximate surface area is 103 Å². The van der Waals surface area contributed by atoms with E-state index in [0.717, 1.165) is 25.3 Å². The van der Waals surface area contributed by atoms with E-state index in [9.17, 15) is 8.42 Å². The van der Waals surface area contributed by atoms with Crippen molar-refractivity contribution in [3.8, 4) is 0 Å². The number of nitrogens with one attached hydrogen (secondary N) is 1. The zero-order valence-electron chi connectivity index (χ0n) is 10.7. The molecule has 0 radical (unpaired) electrons. The average Bonchev–Trinajstić information content (AvgIpc) is 2.59. The summed E-state index contributed by atoms with van der Waals surface area (Å²) in [7, 11) is -2.96. The highest BCUT2D eigenvalue weighted by atomic mass is 32.2. The maximum atomic E-state index is 11.2. The van der Waals surface area contributed by atoms with Gasteiger partial charge in [0.1, 0.15) is 9.84 Å². The van der Waals surface area contributed by atoms with Gasteiger partial charge < -0.3 is 9.88 Å². The van der Waals surface area contributed by atoms with Crippen molar-refractivity contribution in [2.75, 3.05) is 17.3 Å². The summed E-state index contributed by atoms with van der Waals surface area (Å²) in [5.41, 5.74) is 0. The van der Waals surface area contributed by atoms with Crippen LogP contribution in [0.3, 0.4) is 0 Å². The maximum Gasteiger partial charge on any atom is 0.203 e. The van der Waals surface area contributed by atoms with Crippen LogP contribution in [0.5, 0.6) is 0 Å². The molecule has 1 rings (SSSR count). The van der Waals surface area contributed by atoms with Gasteiger partial charge in [-0.15, -0.1) is 0 Å². The number of anilines is 1. The second-order valence-corrected chi connectivity index (χ2v) is 6.62. The van der Waals surface area contributed by atoms with Gasteiger partial charge in [0.05, 0.1) is 5.75 Å². The first kappa shape index (κ1) is 14.0. The van der Waals surface area contributed by atoms with Crippen LogP contribution in [0.2, 0.25) is 0 Å². The summed E-state index contributed by atoms with van der Waals surface area (Å²) in [5.74, 6) is 0.864. The van der Waals surface area contributed by atoms with Gasteiger partial charge >= 0.3 is 0 Å². The molecule has 6 heteroatoms. The fourth-order valence-corrected chi connectivity index (χ4v) is 2.67. The Morgan fingerprint density at radius 1 is 1.53 bits per heavy atom. The largest absolute Gasteiger partial charge is 0.352 e. The Morgan fingerprint density at radius 2 is 2.24 bits per heavy atom. The lowest BCUT2D eigenvalue weighted by Crippen LogP contribution is -2.26. The summed E-state index contributed by atoms with van der Waals surface area (Å²) in [5, 5.41) is 3.13. The Kier molecular flexibility index (Phi) is 4.99. The molecule has 1 aromatic heterocycles. The van der Waals surface area contributed by atoms with Gasteiger partial charge in [-0.1, -0.05) is 13.3 Å². The first-order valence-electron chi connectivity index (χ1n) is 5.87. The van der Waals surface area contributed by atoms with E-state index < -0.39 is 9.84 Å². The van der Waals surface area contributed by atoms with Crippen LogP contribution in [-0.4, -0.2) is 36.0 Å². The summed E-state index contributed by atoms with van der Waals surface area (Å²) in [6.45, 7) is 4.89. The fraction of sp³-hybridized carbons (Fsp3) is 0.727. The molecule has 0 amide bonds. The van der Waals surface area contributed by atoms with Crippen molar-refractivity contribution >= 4 is 15.8 Å². The zero-order chi connectivity index (χ0) is 12.9. The smallest absolute Gasteiger partial charge is 0.203 e. The van der Waals surface area contributed by atoms with Crippen LogP contribution in [0.25, 0.3) is 0 Å². The average molecular weight is 259 g/mol. The van der Waals surface area contributed by atoms with Gasteiger partial charge in [0.25, 0.3) is 0 Å². The molecule has 0 fully saturated rings. The minimum absolute atomic E-state index is 0.119. The van der Waals surface area contributed by atoms with Crippen LogP contribution in [0.15, 0.2) is 12.4 Å². The van der Waals surface area contributed by atoms with Crippen LogP contribution in [0.1, 0.15) is 26.7 Å². The molecule has 1 aromatic rings. The standard InChI is InChI=1S/C11H21N3O2S/c1-4-5-7-14-8-6-12-11(14)13-10(2)9-17(3,15)16/h6,8,10H,4-5,7,9H2,1-3H3,(H,12,13). The Morgan fingerprint density at radius 3 is 2.82 bits per heavy atom. The monoisotopic (exact) mass is 259 g/mol. The van der Waals surface area contributed by atoms with Crippen LogP contribution >= 0.6 is 0 Å². The summed E-state index contributed by atoms with van der Waals surface area (Å²) < 4.78 is 24.3. The number of hydrogen-bond acceptors (Lipinski definition) is 4. The van der Waals surface area contributed by atoms with Crippen molar-refractivity contribution in [2.24, 2.45) is 0 Å². The summed E-state index contributed by atoms with van der Waals surface area (Å²) in [4.78, 5) is 4.20. The van der Waals surface area contributed by atoms with E-state index in [0.29, 0.717) is 0 Å². The molecule has 1 heterocycles. The second kappa shape index (κ2) is 6.05. The third-order valence-electron chi connectivity index (χ3n) is 2.40. The van der Waals surface area contributed by atoms with Gasteiger partial charge in [-0.25, -0.2) is 13.4 Å². The Balaban J connectivity index is 2.59. The lowest BCUT2D eigenvalue weighted by atomic mass is 10.3. The molecule has 0 aromatic carbocycles. The molecule has 0 spiro atoms. The van der Waals surface area contributed by atoms with Crippen molar-refractivity contribution in [3.63, 3.8) is 0 Å². The minimum Gasteiger partial charge on any atom is -0.352 e. The molecule has 0 bridgehead atoms. The van der Waals surface area contributed by atoms with E-state index >= 15 is 0 Å². The van der Waals surface area contributed by atoms with E-state index in [4.69, 9.17) is 0 Å². The highest BCUT2D eigenvalue weighted by Gasteiger charge is 2.12. The van der Waals surface area contributed by atoms with Gasteiger partial charge in [0.15, 0.2) is 0 Å². The van der Waals surface area contributed by atoms with Crippen LogP contribution in [-0.2, 0) is 16.4 Å². The Bertz CT molecular complexity index is 439. The fourth-order valence-electron chi connectivity index (χ4n) is 1.67. The number of nitrogens with zero attached hydrogens (tertiary/aromatic N) is 2. The number of unbranched alkanes of at least 4 members (excludes halogenated alkanes) is 1. The molecule has 1 unspecified atom stereocenters. The predicted molar refractivity (Wildman–Crippen MR) is 69.9 cm³/mol. The maximum absolute atomic E-state index is 11.2. The molecular weight excluding hydrogens is 238 g/mol. The molecule has 0 aliphatic heterocycles. The number of sulfone groups is 1. The SMILES string of the molecule is CCCCn1ccnc1NC(C)CS(C)(=O)=O. The van der Waals surface area contributed by atoms with Crippen LogP contribution < -0.4 is 5.32 Å². The quantitative estimate of drug-likeness (QED) is 0.806. The third kappa shape index (κ3) is 5.21. The van der Waals surface area contributed by atoms with Gasteiger partial charge in [-0.05, 0) is 13.3 Å². The molecule has 0 saturated carbocycles. The normalized spacial score (nSPS) is 13.6. The van der Waals surface area contributed by atoms with Gasteiger partial charge in [-0.2, -0.15) is 0 Å². The van der Waals surface area contributed by atoms with Gasteiger partial charge in [0.2, 0.25) is 5.95 Å². The van der Waals surface area contributed by atoms with Crippen molar-refractivity contribution < 1.29 is 8.42 Å². The van der Waals surface area contributed by atoms with E-state index in [-0.39, 0.29) is 11.8 Å². The first-order chi connectivity index (χ1) is 7.92. The lowest BCUT2D eigenvalue weighted by Gasteiger charge is -2.15. The molecular formula is C11H21N3O2S. The van der Waals surface area contributed by atoms with E-state index in [1.165, 1.54) is 6.26 Å².